The van der Waals surface area contributed by atoms with E-state index in [1.54, 1.807) is 6.20 Å². The lowest BCUT2D eigenvalue weighted by Gasteiger charge is -2.38. The third kappa shape index (κ3) is 3.35. The van der Waals surface area contributed by atoms with Crippen LogP contribution in [0.2, 0.25) is 0 Å². The van der Waals surface area contributed by atoms with Gasteiger partial charge in [0, 0.05) is 36.9 Å². The number of aromatic amines is 1. The Kier molecular flexibility index (Phi) is 4.71. The minimum atomic E-state index is 0.298. The van der Waals surface area contributed by atoms with Crippen LogP contribution in [0, 0.1) is 5.92 Å². The number of carbonyl (C=O) groups is 1. The van der Waals surface area contributed by atoms with Crippen LogP contribution in [0.15, 0.2) is 48.8 Å². The zero-order chi connectivity index (χ0) is 17.9. The van der Waals surface area contributed by atoms with Gasteiger partial charge >= 0.3 is 0 Å². The summed E-state index contributed by atoms with van der Waals surface area (Å²) in [4.78, 5) is 21.5. The zero-order valence-corrected chi connectivity index (χ0v) is 15.0. The van der Waals surface area contributed by atoms with Gasteiger partial charge in [-0.1, -0.05) is 37.3 Å². The lowest BCUT2D eigenvalue weighted by molar-refractivity contribution is 0.112. The van der Waals surface area contributed by atoms with Crippen LogP contribution in [0.4, 0.5) is 5.69 Å². The van der Waals surface area contributed by atoms with Crippen molar-refractivity contribution in [1.82, 2.24) is 14.9 Å². The first-order valence-electron chi connectivity index (χ1n) is 9.18. The van der Waals surface area contributed by atoms with Gasteiger partial charge in [0.25, 0.3) is 0 Å². The van der Waals surface area contributed by atoms with Crippen molar-refractivity contribution in [2.75, 3.05) is 18.4 Å². The van der Waals surface area contributed by atoms with Gasteiger partial charge in [-0.2, -0.15) is 0 Å². The smallest absolute Gasteiger partial charge is 0.153 e. The van der Waals surface area contributed by atoms with Crippen molar-refractivity contribution in [1.29, 1.82) is 0 Å². The maximum Gasteiger partial charge on any atom is 0.153 e. The predicted molar refractivity (Wildman–Crippen MR) is 104 cm³/mol. The van der Waals surface area contributed by atoms with Crippen molar-refractivity contribution < 1.29 is 4.79 Å². The van der Waals surface area contributed by atoms with Gasteiger partial charge in [0.2, 0.25) is 0 Å². The number of nitrogens with one attached hydrogen (secondary N) is 2. The molecule has 134 valence electrons. The van der Waals surface area contributed by atoms with Crippen LogP contribution in [0.5, 0.6) is 0 Å². The summed E-state index contributed by atoms with van der Waals surface area (Å²) in [6.45, 7) is 5.31. The number of nitrogens with zero attached hydrogens (tertiary/aromatic N) is 2. The second kappa shape index (κ2) is 7.30. The van der Waals surface area contributed by atoms with Crippen LogP contribution in [-0.2, 0) is 6.54 Å². The summed E-state index contributed by atoms with van der Waals surface area (Å²) in [7, 11) is 0. The van der Waals surface area contributed by atoms with Crippen LogP contribution < -0.4 is 5.32 Å². The molecule has 0 radical (unpaired) electrons. The number of likely N-dealkylation sites (tertiary alicyclic amines) is 1. The SMILES string of the molecule is C[C@@H]1CCN(Cc2ccccc2)C[C@@H]1Nc1c(C=O)cnc2[nH]ccc12. The number of pyridine rings is 1. The molecule has 0 unspecified atom stereocenters. The summed E-state index contributed by atoms with van der Waals surface area (Å²) < 4.78 is 0. The van der Waals surface area contributed by atoms with Crippen LogP contribution in [0.25, 0.3) is 11.0 Å². The lowest BCUT2D eigenvalue weighted by atomic mass is 9.92. The maximum atomic E-state index is 11.5. The lowest BCUT2D eigenvalue weighted by Crippen LogP contribution is -2.46. The molecule has 2 N–H and O–H groups in total. The van der Waals surface area contributed by atoms with Crippen LogP contribution >= 0.6 is 0 Å². The molecule has 5 nitrogen and oxygen atoms in total. The van der Waals surface area contributed by atoms with Crippen molar-refractivity contribution in [2.24, 2.45) is 5.92 Å². The Morgan fingerprint density at radius 2 is 2.15 bits per heavy atom. The number of hydrogen-bond donors (Lipinski definition) is 2. The van der Waals surface area contributed by atoms with E-state index in [1.807, 2.05) is 12.3 Å². The number of H-pyrrole nitrogens is 1. The zero-order valence-electron chi connectivity index (χ0n) is 15.0. The van der Waals surface area contributed by atoms with Gasteiger partial charge in [0.05, 0.1) is 11.3 Å². The fraction of sp³-hybridized carbons (Fsp3) is 0.333. The molecule has 5 heteroatoms. The van der Waals surface area contributed by atoms with Crippen molar-refractivity contribution in [3.05, 3.63) is 59.9 Å². The Balaban J connectivity index is 1.55. The van der Waals surface area contributed by atoms with Gasteiger partial charge in [-0.15, -0.1) is 0 Å². The Bertz CT molecular complexity index is 889. The van der Waals surface area contributed by atoms with Gasteiger partial charge in [0.1, 0.15) is 5.65 Å². The molecule has 26 heavy (non-hydrogen) atoms. The monoisotopic (exact) mass is 348 g/mol. The highest BCUT2D eigenvalue weighted by molar-refractivity contribution is 5.99. The molecule has 0 aliphatic carbocycles. The number of hydrogen-bond acceptors (Lipinski definition) is 4. The fourth-order valence-corrected chi connectivity index (χ4v) is 3.77. The maximum absolute atomic E-state index is 11.5. The van der Waals surface area contributed by atoms with Gasteiger partial charge in [-0.25, -0.2) is 4.98 Å². The normalized spacial score (nSPS) is 21.0. The van der Waals surface area contributed by atoms with Crippen LogP contribution in [0.1, 0.15) is 29.3 Å². The first-order valence-corrected chi connectivity index (χ1v) is 9.18. The molecule has 1 aromatic carbocycles. The highest BCUT2D eigenvalue weighted by Crippen LogP contribution is 2.28. The van der Waals surface area contributed by atoms with Crippen molar-refractivity contribution in [2.45, 2.75) is 25.9 Å². The van der Waals surface area contributed by atoms with E-state index in [9.17, 15) is 4.79 Å². The summed E-state index contributed by atoms with van der Waals surface area (Å²) in [6, 6.07) is 12.9. The average molecular weight is 348 g/mol. The molecule has 1 aliphatic heterocycles. The number of anilines is 1. The number of rotatable bonds is 5. The molecule has 2 atom stereocenters. The second-order valence-electron chi connectivity index (χ2n) is 7.18. The first kappa shape index (κ1) is 16.8. The summed E-state index contributed by atoms with van der Waals surface area (Å²) in [5, 5.41) is 4.64. The van der Waals surface area contributed by atoms with E-state index in [2.05, 4.69) is 57.4 Å². The van der Waals surface area contributed by atoms with Gasteiger partial charge in [0.15, 0.2) is 6.29 Å². The topological polar surface area (TPSA) is 61.0 Å². The number of aldehydes is 1. The van der Waals surface area contributed by atoms with E-state index >= 15 is 0 Å². The van der Waals surface area contributed by atoms with E-state index in [4.69, 9.17) is 0 Å². The van der Waals surface area contributed by atoms with Crippen molar-refractivity contribution in [3.63, 3.8) is 0 Å². The van der Waals surface area contributed by atoms with Crippen molar-refractivity contribution in [3.8, 4) is 0 Å². The molecule has 3 aromatic rings. The van der Waals surface area contributed by atoms with E-state index < -0.39 is 0 Å². The minimum Gasteiger partial charge on any atom is -0.380 e. The van der Waals surface area contributed by atoms with E-state index in [0.717, 1.165) is 49.1 Å². The second-order valence-corrected chi connectivity index (χ2v) is 7.18. The molecule has 2 aromatic heterocycles. The molecule has 0 spiro atoms. The minimum absolute atomic E-state index is 0.298. The molecule has 1 fully saturated rings. The summed E-state index contributed by atoms with van der Waals surface area (Å²) in [6.07, 6.45) is 5.53. The summed E-state index contributed by atoms with van der Waals surface area (Å²) >= 11 is 0. The highest BCUT2D eigenvalue weighted by Gasteiger charge is 2.27. The standard InChI is InChI=1S/C21H24N4O/c1-15-8-10-25(12-16-5-3-2-4-6-16)13-19(15)24-20-17(14-26)11-23-21-18(20)7-9-22-21/h2-7,9,11,14-15,19H,8,10,12-13H2,1H3,(H2,22,23,24)/t15-,19+/m1/s1. The van der Waals surface area contributed by atoms with E-state index in [-0.39, 0.29) is 0 Å². The average Bonchev–Trinajstić information content (AvgIpc) is 3.14. The molecular weight excluding hydrogens is 324 g/mol. The van der Waals surface area contributed by atoms with Gasteiger partial charge < -0.3 is 10.3 Å². The number of piperidine rings is 1. The van der Waals surface area contributed by atoms with Gasteiger partial charge in [-0.3, -0.25) is 9.69 Å². The molecule has 1 aliphatic rings. The molecule has 0 bridgehead atoms. The molecule has 3 heterocycles. The Morgan fingerprint density at radius 3 is 2.96 bits per heavy atom. The van der Waals surface area contributed by atoms with Gasteiger partial charge in [-0.05, 0) is 30.5 Å². The Hall–Kier alpha value is -2.66. The molecule has 4 rings (SSSR count). The largest absolute Gasteiger partial charge is 0.380 e. The number of carbonyl (C=O) groups excluding carboxylic acids is 1. The van der Waals surface area contributed by atoms with Crippen molar-refractivity contribution >= 4 is 23.0 Å². The Labute approximate surface area is 153 Å². The molecule has 0 saturated carbocycles. The number of benzene rings is 1. The number of aromatic nitrogens is 2. The molecule has 1 saturated heterocycles. The highest BCUT2D eigenvalue weighted by atomic mass is 16.1. The first-order chi connectivity index (χ1) is 12.7. The third-order valence-electron chi connectivity index (χ3n) is 5.36. The van der Waals surface area contributed by atoms with E-state index in [1.165, 1.54) is 5.56 Å². The molecular formula is C21H24N4O. The summed E-state index contributed by atoms with van der Waals surface area (Å²) in [5.41, 5.74) is 3.66. The Morgan fingerprint density at radius 1 is 1.31 bits per heavy atom. The van der Waals surface area contributed by atoms with E-state index in [0.29, 0.717) is 17.5 Å². The number of fused-ring (bicyclic) bond motifs is 1. The van der Waals surface area contributed by atoms with Crippen LogP contribution in [-0.4, -0.2) is 40.3 Å². The fourth-order valence-electron chi connectivity index (χ4n) is 3.77. The predicted octanol–water partition coefficient (Wildman–Crippen LogP) is 3.70. The molecule has 0 amide bonds. The summed E-state index contributed by atoms with van der Waals surface area (Å²) in [5.74, 6) is 0.545. The quantitative estimate of drug-likeness (QED) is 0.690. The third-order valence-corrected chi connectivity index (χ3v) is 5.36. The van der Waals surface area contributed by atoms with Crippen LogP contribution in [0.3, 0.4) is 0 Å².